The smallest absolute Gasteiger partial charge is 0.393 e. The third-order valence-corrected chi connectivity index (χ3v) is 2.46. The van der Waals surface area contributed by atoms with E-state index in [-0.39, 0.29) is 18.9 Å². The van der Waals surface area contributed by atoms with Gasteiger partial charge in [-0.05, 0) is 12.8 Å². The van der Waals surface area contributed by atoms with E-state index >= 15 is 0 Å². The first kappa shape index (κ1) is 10.7. The van der Waals surface area contributed by atoms with Crippen LogP contribution in [0.5, 0.6) is 0 Å². The van der Waals surface area contributed by atoms with Crippen molar-refractivity contribution in [3.63, 3.8) is 0 Å². The molecule has 0 spiro atoms. The van der Waals surface area contributed by atoms with E-state index in [1.165, 1.54) is 37.2 Å². The number of hydrogen-bond donors (Lipinski definition) is 0. The average molecular weight is 167 g/mol. The Labute approximate surface area is 92.3 Å². The van der Waals surface area contributed by atoms with Crippen LogP contribution in [0.15, 0.2) is 18.2 Å². The minimum absolute atomic E-state index is 0. The maximum absolute atomic E-state index is 3.30. The maximum Gasteiger partial charge on any atom is 1.00 e. The standard InChI is InChI=1S/C11H14N.Li/c1-10-6-2-3-7-11(10)12-8-4-5-9-12;/h2-3,6H,4-5,8-9H2,1H3;/q-1;+1. The quantitative estimate of drug-likeness (QED) is 0.399. The molecular weight excluding hydrogens is 153 g/mol. The molecule has 2 rings (SSSR count). The van der Waals surface area contributed by atoms with Crippen LogP contribution in [0.25, 0.3) is 0 Å². The first-order valence-electron chi connectivity index (χ1n) is 4.60. The number of hydrogen-bond acceptors (Lipinski definition) is 1. The topological polar surface area (TPSA) is 3.24 Å². The molecule has 1 aliphatic heterocycles. The van der Waals surface area contributed by atoms with E-state index in [4.69, 9.17) is 0 Å². The molecule has 0 unspecified atom stereocenters. The Hall–Kier alpha value is -0.383. The molecule has 1 fully saturated rings. The molecule has 0 radical (unpaired) electrons. The summed E-state index contributed by atoms with van der Waals surface area (Å²) in [5.74, 6) is 0. The van der Waals surface area contributed by atoms with Crippen molar-refractivity contribution in [3.8, 4) is 0 Å². The van der Waals surface area contributed by atoms with Gasteiger partial charge < -0.3 is 4.90 Å². The van der Waals surface area contributed by atoms with Gasteiger partial charge in [-0.3, -0.25) is 0 Å². The average Bonchev–Trinajstić information content (AvgIpc) is 2.57. The second kappa shape index (κ2) is 4.74. The van der Waals surface area contributed by atoms with Crippen molar-refractivity contribution in [2.45, 2.75) is 19.8 Å². The van der Waals surface area contributed by atoms with Crippen molar-refractivity contribution in [1.82, 2.24) is 0 Å². The van der Waals surface area contributed by atoms with Gasteiger partial charge in [0.05, 0.1) is 0 Å². The molecule has 0 aliphatic carbocycles. The van der Waals surface area contributed by atoms with Gasteiger partial charge in [0.1, 0.15) is 0 Å². The summed E-state index contributed by atoms with van der Waals surface area (Å²) in [6.07, 6.45) is 2.67. The van der Waals surface area contributed by atoms with Crippen molar-refractivity contribution in [1.29, 1.82) is 0 Å². The van der Waals surface area contributed by atoms with Crippen LogP contribution in [0.4, 0.5) is 5.69 Å². The van der Waals surface area contributed by atoms with Crippen LogP contribution in [0.1, 0.15) is 18.4 Å². The zero-order valence-corrected chi connectivity index (χ0v) is 8.51. The molecule has 0 amide bonds. The van der Waals surface area contributed by atoms with Crippen LogP contribution < -0.4 is 23.8 Å². The van der Waals surface area contributed by atoms with Crippen LogP contribution in [-0.4, -0.2) is 13.1 Å². The molecule has 1 aromatic rings. The molecule has 1 heterocycles. The molecule has 1 saturated heterocycles. The molecule has 1 aromatic carbocycles. The number of anilines is 1. The molecule has 0 atom stereocenters. The van der Waals surface area contributed by atoms with E-state index < -0.39 is 0 Å². The number of para-hydroxylation sites is 1. The van der Waals surface area contributed by atoms with E-state index in [1.54, 1.807) is 0 Å². The number of benzene rings is 1. The number of nitrogens with zero attached hydrogens (tertiary/aromatic N) is 1. The summed E-state index contributed by atoms with van der Waals surface area (Å²) in [5.41, 5.74) is 2.65. The normalized spacial score (nSPS) is 15.6. The second-order valence-corrected chi connectivity index (χ2v) is 3.40. The summed E-state index contributed by atoms with van der Waals surface area (Å²) in [5, 5.41) is 0. The Bertz CT molecular complexity index is 267. The van der Waals surface area contributed by atoms with Crippen LogP contribution in [0, 0.1) is 13.0 Å². The molecule has 64 valence electrons. The molecule has 0 bridgehead atoms. The van der Waals surface area contributed by atoms with Gasteiger partial charge in [-0.15, -0.1) is 5.56 Å². The van der Waals surface area contributed by atoms with Crippen LogP contribution >= 0.6 is 0 Å². The van der Waals surface area contributed by atoms with Crippen molar-refractivity contribution >= 4 is 5.69 Å². The van der Waals surface area contributed by atoms with Gasteiger partial charge in [-0.2, -0.15) is 24.3 Å². The Morgan fingerprint density at radius 1 is 1.31 bits per heavy atom. The Kier molecular flexibility index (Phi) is 3.90. The fourth-order valence-electron chi connectivity index (χ4n) is 1.79. The molecule has 0 saturated carbocycles. The fraction of sp³-hybridized carbons (Fsp3) is 0.455. The van der Waals surface area contributed by atoms with Crippen molar-refractivity contribution in [2.24, 2.45) is 0 Å². The molecule has 1 nitrogen and oxygen atoms in total. The monoisotopic (exact) mass is 167 g/mol. The Morgan fingerprint density at radius 2 is 2.00 bits per heavy atom. The first-order valence-corrected chi connectivity index (χ1v) is 4.60. The third kappa shape index (κ3) is 2.30. The molecule has 13 heavy (non-hydrogen) atoms. The Morgan fingerprint density at radius 3 is 2.62 bits per heavy atom. The van der Waals surface area contributed by atoms with E-state index in [9.17, 15) is 0 Å². The van der Waals surface area contributed by atoms with E-state index in [0.717, 1.165) is 0 Å². The molecular formula is C11H14LiN. The predicted molar refractivity (Wildman–Crippen MR) is 51.5 cm³/mol. The molecule has 0 aromatic heterocycles. The summed E-state index contributed by atoms with van der Waals surface area (Å²) >= 11 is 0. The predicted octanol–water partition coefficient (Wildman–Crippen LogP) is -0.601. The van der Waals surface area contributed by atoms with Gasteiger partial charge in [0.25, 0.3) is 0 Å². The van der Waals surface area contributed by atoms with E-state index in [1.807, 2.05) is 6.07 Å². The third-order valence-electron chi connectivity index (χ3n) is 2.46. The van der Waals surface area contributed by atoms with E-state index in [2.05, 4.69) is 30.0 Å². The van der Waals surface area contributed by atoms with Gasteiger partial charge in [0, 0.05) is 13.1 Å². The summed E-state index contributed by atoms with van der Waals surface area (Å²) < 4.78 is 0. The van der Waals surface area contributed by atoms with Crippen molar-refractivity contribution in [2.75, 3.05) is 18.0 Å². The van der Waals surface area contributed by atoms with E-state index in [0.29, 0.717) is 0 Å². The van der Waals surface area contributed by atoms with Gasteiger partial charge in [-0.25, -0.2) is 0 Å². The summed E-state index contributed by atoms with van der Waals surface area (Å²) in [7, 11) is 0. The SMILES string of the molecule is Cc1ccc[c-]c1N1CCCC1.[Li+]. The minimum Gasteiger partial charge on any atom is -0.393 e. The fourth-order valence-corrected chi connectivity index (χ4v) is 1.79. The van der Waals surface area contributed by atoms with Crippen molar-refractivity contribution in [3.05, 3.63) is 29.8 Å². The molecule has 2 heteroatoms. The summed E-state index contributed by atoms with van der Waals surface area (Å²) in [4.78, 5) is 2.43. The maximum atomic E-state index is 3.30. The second-order valence-electron chi connectivity index (χ2n) is 3.40. The van der Waals surface area contributed by atoms with Gasteiger partial charge in [0.2, 0.25) is 0 Å². The van der Waals surface area contributed by atoms with Crippen LogP contribution in [-0.2, 0) is 0 Å². The van der Waals surface area contributed by atoms with Gasteiger partial charge in [-0.1, -0.05) is 12.6 Å². The Balaban J connectivity index is 0.000000845. The zero-order chi connectivity index (χ0) is 8.39. The summed E-state index contributed by atoms with van der Waals surface area (Å²) in [6, 6.07) is 9.51. The largest absolute Gasteiger partial charge is 1.00 e. The van der Waals surface area contributed by atoms with Gasteiger partial charge >= 0.3 is 18.9 Å². The summed E-state index contributed by atoms with van der Waals surface area (Å²) in [6.45, 7) is 4.58. The van der Waals surface area contributed by atoms with Crippen LogP contribution in [0.3, 0.4) is 0 Å². The zero-order valence-electron chi connectivity index (χ0n) is 8.51. The van der Waals surface area contributed by atoms with Crippen molar-refractivity contribution < 1.29 is 18.9 Å². The van der Waals surface area contributed by atoms with Crippen LogP contribution in [0.2, 0.25) is 0 Å². The number of aryl methyl sites for hydroxylation is 1. The van der Waals surface area contributed by atoms with Gasteiger partial charge in [0.15, 0.2) is 0 Å². The number of rotatable bonds is 1. The molecule has 0 N–H and O–H groups in total. The minimum atomic E-state index is 0. The molecule has 1 aliphatic rings. The first-order chi connectivity index (χ1) is 5.88.